The molecule has 2 rings (SSSR count). The van der Waals surface area contributed by atoms with Crippen LogP contribution in [0.4, 0.5) is 4.39 Å². The van der Waals surface area contributed by atoms with Crippen molar-refractivity contribution in [2.45, 2.75) is 19.9 Å². The van der Waals surface area contributed by atoms with Gasteiger partial charge in [0.25, 0.3) is 0 Å². The lowest BCUT2D eigenvalue weighted by Crippen LogP contribution is -2.12. The molecule has 1 aromatic heterocycles. The molecule has 2 nitrogen and oxygen atoms in total. The molecule has 0 atom stereocenters. The third kappa shape index (κ3) is 3.12. The molecule has 1 heterocycles. The number of rotatable bonds is 5. The molecule has 4 heteroatoms. The minimum Gasteiger partial charge on any atom is -0.460 e. The van der Waals surface area contributed by atoms with Gasteiger partial charge in [-0.2, -0.15) is 0 Å². The second kappa shape index (κ2) is 6.03. The molecular weight excluding hydrogens is 253 g/mol. The summed E-state index contributed by atoms with van der Waals surface area (Å²) in [5.74, 6) is 0.954. The number of hydrogen-bond acceptors (Lipinski definition) is 2. The second-order valence-corrected chi connectivity index (χ2v) is 4.50. The van der Waals surface area contributed by atoms with Gasteiger partial charge in [0, 0.05) is 5.02 Å². The molecule has 18 heavy (non-hydrogen) atoms. The van der Waals surface area contributed by atoms with Crippen molar-refractivity contribution >= 4 is 11.6 Å². The summed E-state index contributed by atoms with van der Waals surface area (Å²) in [6.45, 7) is 3.69. The summed E-state index contributed by atoms with van der Waals surface area (Å²) in [5.41, 5.74) is 0.432. The van der Waals surface area contributed by atoms with Gasteiger partial charge in [-0.05, 0) is 43.3 Å². The van der Waals surface area contributed by atoms with Crippen molar-refractivity contribution in [1.29, 1.82) is 0 Å². The second-order valence-electron chi connectivity index (χ2n) is 4.07. The van der Waals surface area contributed by atoms with E-state index < -0.39 is 0 Å². The molecule has 0 saturated carbocycles. The van der Waals surface area contributed by atoms with E-state index in [0.29, 0.717) is 22.9 Å². The molecule has 1 N–H and O–H groups in total. The number of benzene rings is 1. The Morgan fingerprint density at radius 3 is 2.83 bits per heavy atom. The van der Waals surface area contributed by atoms with Crippen molar-refractivity contribution in [3.05, 3.63) is 46.9 Å². The molecular formula is C14H15ClFNO. The number of hydrogen-bond donors (Lipinski definition) is 1. The van der Waals surface area contributed by atoms with Crippen LogP contribution in [0.25, 0.3) is 11.3 Å². The zero-order chi connectivity index (χ0) is 13.0. The van der Waals surface area contributed by atoms with Crippen molar-refractivity contribution in [1.82, 2.24) is 5.32 Å². The summed E-state index contributed by atoms with van der Waals surface area (Å²) in [4.78, 5) is 0. The smallest absolute Gasteiger partial charge is 0.137 e. The summed E-state index contributed by atoms with van der Waals surface area (Å²) in [6, 6.07) is 8.19. The van der Waals surface area contributed by atoms with E-state index >= 15 is 0 Å². The highest BCUT2D eigenvalue weighted by atomic mass is 35.5. The SMILES string of the molecule is CCCNCc1ccc(-c2ccc(Cl)cc2F)o1. The molecule has 0 aliphatic heterocycles. The summed E-state index contributed by atoms with van der Waals surface area (Å²) >= 11 is 5.71. The Bertz CT molecular complexity index is 524. The predicted molar refractivity (Wildman–Crippen MR) is 71.1 cm³/mol. The van der Waals surface area contributed by atoms with E-state index in [-0.39, 0.29) is 5.82 Å². The molecule has 0 aliphatic carbocycles. The summed E-state index contributed by atoms with van der Waals surface area (Å²) in [7, 11) is 0. The van der Waals surface area contributed by atoms with Crippen LogP contribution in [0.1, 0.15) is 19.1 Å². The third-order valence-corrected chi connectivity index (χ3v) is 2.82. The molecule has 0 bridgehead atoms. The largest absolute Gasteiger partial charge is 0.460 e. The molecule has 0 unspecified atom stereocenters. The minimum atomic E-state index is -0.370. The van der Waals surface area contributed by atoms with Crippen molar-refractivity contribution in [2.24, 2.45) is 0 Å². The first-order valence-corrected chi connectivity index (χ1v) is 6.33. The van der Waals surface area contributed by atoms with Gasteiger partial charge in [0.2, 0.25) is 0 Å². The van der Waals surface area contributed by atoms with Crippen LogP contribution in [-0.4, -0.2) is 6.54 Å². The number of furan rings is 1. The van der Waals surface area contributed by atoms with Crippen molar-refractivity contribution in [3.8, 4) is 11.3 Å². The van der Waals surface area contributed by atoms with E-state index in [0.717, 1.165) is 18.7 Å². The zero-order valence-corrected chi connectivity index (χ0v) is 10.9. The molecule has 0 amide bonds. The van der Waals surface area contributed by atoms with Crippen LogP contribution in [0.15, 0.2) is 34.7 Å². The van der Waals surface area contributed by atoms with E-state index in [1.165, 1.54) is 6.07 Å². The van der Waals surface area contributed by atoms with E-state index in [1.807, 2.05) is 6.07 Å². The molecule has 0 saturated heterocycles. The number of halogens is 2. The van der Waals surface area contributed by atoms with Crippen LogP contribution in [-0.2, 0) is 6.54 Å². The molecule has 96 valence electrons. The normalized spacial score (nSPS) is 10.8. The Balaban J connectivity index is 2.13. The van der Waals surface area contributed by atoms with E-state index in [9.17, 15) is 4.39 Å². The van der Waals surface area contributed by atoms with Crippen molar-refractivity contribution in [2.75, 3.05) is 6.54 Å². The lowest BCUT2D eigenvalue weighted by molar-refractivity contribution is 0.490. The van der Waals surface area contributed by atoms with Gasteiger partial charge in [0.1, 0.15) is 17.3 Å². The fourth-order valence-corrected chi connectivity index (χ4v) is 1.85. The molecule has 2 aromatic rings. The maximum absolute atomic E-state index is 13.7. The van der Waals surface area contributed by atoms with Crippen LogP contribution >= 0.6 is 11.6 Å². The minimum absolute atomic E-state index is 0.370. The van der Waals surface area contributed by atoms with Crippen LogP contribution in [0.5, 0.6) is 0 Å². The summed E-state index contributed by atoms with van der Waals surface area (Å²) in [6.07, 6.45) is 1.07. The average molecular weight is 268 g/mol. The molecule has 0 aliphatic rings. The van der Waals surface area contributed by atoms with Gasteiger partial charge >= 0.3 is 0 Å². The van der Waals surface area contributed by atoms with Crippen LogP contribution < -0.4 is 5.32 Å². The fourth-order valence-electron chi connectivity index (χ4n) is 1.70. The van der Waals surface area contributed by atoms with Crippen LogP contribution in [0, 0.1) is 5.82 Å². The maximum Gasteiger partial charge on any atom is 0.137 e. The zero-order valence-electron chi connectivity index (χ0n) is 10.2. The molecule has 1 aromatic carbocycles. The topological polar surface area (TPSA) is 25.2 Å². The van der Waals surface area contributed by atoms with E-state index in [1.54, 1.807) is 18.2 Å². The average Bonchev–Trinajstić information content (AvgIpc) is 2.78. The Labute approximate surface area is 111 Å². The lowest BCUT2D eigenvalue weighted by Gasteiger charge is -2.01. The van der Waals surface area contributed by atoms with Gasteiger partial charge in [-0.15, -0.1) is 0 Å². The van der Waals surface area contributed by atoms with Gasteiger partial charge in [0.15, 0.2) is 0 Å². The number of nitrogens with one attached hydrogen (secondary N) is 1. The Morgan fingerprint density at radius 2 is 2.11 bits per heavy atom. The summed E-state index contributed by atoms with van der Waals surface area (Å²) in [5, 5.41) is 3.61. The van der Waals surface area contributed by atoms with Crippen LogP contribution in [0.3, 0.4) is 0 Å². The van der Waals surface area contributed by atoms with Crippen molar-refractivity contribution < 1.29 is 8.81 Å². The van der Waals surface area contributed by atoms with Gasteiger partial charge in [0.05, 0.1) is 12.1 Å². The maximum atomic E-state index is 13.7. The highest BCUT2D eigenvalue weighted by Gasteiger charge is 2.10. The highest BCUT2D eigenvalue weighted by Crippen LogP contribution is 2.27. The highest BCUT2D eigenvalue weighted by molar-refractivity contribution is 6.30. The standard InChI is InChI=1S/C14H15ClFNO/c1-2-7-17-9-11-4-6-14(18-11)12-5-3-10(15)8-13(12)16/h3-6,8,17H,2,7,9H2,1H3. The van der Waals surface area contributed by atoms with Crippen LogP contribution in [0.2, 0.25) is 5.02 Å². The first-order valence-electron chi connectivity index (χ1n) is 5.95. The third-order valence-electron chi connectivity index (χ3n) is 2.58. The lowest BCUT2D eigenvalue weighted by atomic mass is 10.1. The van der Waals surface area contributed by atoms with E-state index in [4.69, 9.17) is 16.0 Å². The van der Waals surface area contributed by atoms with Gasteiger partial charge in [-0.3, -0.25) is 0 Å². The monoisotopic (exact) mass is 267 g/mol. The summed E-state index contributed by atoms with van der Waals surface area (Å²) < 4.78 is 19.3. The molecule has 0 radical (unpaired) electrons. The predicted octanol–water partition coefficient (Wildman–Crippen LogP) is 4.24. The molecule has 0 fully saturated rings. The quantitative estimate of drug-likeness (QED) is 0.820. The first-order chi connectivity index (χ1) is 8.70. The fraction of sp³-hybridized carbons (Fsp3) is 0.286. The van der Waals surface area contributed by atoms with Gasteiger partial charge in [-0.1, -0.05) is 18.5 Å². The first kappa shape index (κ1) is 13.1. The van der Waals surface area contributed by atoms with Gasteiger partial charge in [-0.25, -0.2) is 4.39 Å². The molecule has 0 spiro atoms. The van der Waals surface area contributed by atoms with Gasteiger partial charge < -0.3 is 9.73 Å². The Hall–Kier alpha value is -1.32. The van der Waals surface area contributed by atoms with E-state index in [2.05, 4.69) is 12.2 Å². The Kier molecular flexibility index (Phi) is 4.39. The Morgan fingerprint density at radius 1 is 1.28 bits per heavy atom. The van der Waals surface area contributed by atoms with Crippen molar-refractivity contribution in [3.63, 3.8) is 0 Å².